The van der Waals surface area contributed by atoms with Crippen LogP contribution < -0.4 is 14.8 Å². The molecule has 2 aromatic rings. The number of fused-ring (bicyclic) bond motifs is 2. The minimum absolute atomic E-state index is 0.257. The van der Waals surface area contributed by atoms with Crippen molar-refractivity contribution in [3.8, 4) is 11.5 Å². The van der Waals surface area contributed by atoms with E-state index in [-0.39, 0.29) is 6.61 Å². The van der Waals surface area contributed by atoms with Gasteiger partial charge in [0.2, 0.25) is 0 Å². The summed E-state index contributed by atoms with van der Waals surface area (Å²) >= 11 is 0. The Morgan fingerprint density at radius 3 is 2.74 bits per heavy atom. The molecule has 0 spiro atoms. The molecule has 2 N–H and O–H groups in total. The number of likely N-dealkylation sites (tertiary alicyclic amines) is 1. The van der Waals surface area contributed by atoms with Crippen LogP contribution in [0.5, 0.6) is 11.5 Å². The van der Waals surface area contributed by atoms with Crippen molar-refractivity contribution >= 4 is 16.6 Å². The van der Waals surface area contributed by atoms with Crippen LogP contribution in [0, 0.1) is 11.8 Å². The second-order valence-electron chi connectivity index (χ2n) is 9.74. The number of aliphatic hydroxyl groups excluding tert-OH is 1. The van der Waals surface area contributed by atoms with Crippen LogP contribution in [0.15, 0.2) is 12.1 Å². The first kappa shape index (κ1) is 20.8. The fourth-order valence-corrected chi connectivity index (χ4v) is 5.05. The van der Waals surface area contributed by atoms with Gasteiger partial charge in [-0.25, -0.2) is 0 Å². The average molecular weight is 426 g/mol. The minimum Gasteiger partial charge on any atom is -0.493 e. The third-order valence-corrected chi connectivity index (χ3v) is 6.91. The fraction of sp³-hybridized carbons (Fsp3) is 0.640. The van der Waals surface area contributed by atoms with Crippen LogP contribution >= 0.6 is 0 Å². The number of hydrogen-bond donors (Lipinski definition) is 2. The van der Waals surface area contributed by atoms with Crippen LogP contribution in [-0.4, -0.2) is 61.0 Å². The lowest BCUT2D eigenvalue weighted by molar-refractivity contribution is 0.0747. The standard InChI is InChI=1S/C25H35N3O3/c1-16-9-19-21(10-16)27-22-12-24(31-15-18(29)14-28-7-3-4-8-28)23(30-2)11-20(22)25(19)26-13-17-5-6-17/h11-12,16-18,29H,3-10,13-15H2,1-2H3,(H,26,27). The number of β-amino-alcohol motifs (C(OH)–C–C–N with tert-alkyl or cyclic N) is 1. The molecule has 2 atom stereocenters. The van der Waals surface area contributed by atoms with E-state index in [9.17, 15) is 5.11 Å². The van der Waals surface area contributed by atoms with Crippen LogP contribution in [0.1, 0.15) is 43.9 Å². The first-order chi connectivity index (χ1) is 15.1. The molecule has 31 heavy (non-hydrogen) atoms. The van der Waals surface area contributed by atoms with Crippen molar-refractivity contribution in [1.82, 2.24) is 9.88 Å². The summed E-state index contributed by atoms with van der Waals surface area (Å²) in [6.45, 7) is 6.39. The van der Waals surface area contributed by atoms with Crippen molar-refractivity contribution in [3.05, 3.63) is 23.4 Å². The van der Waals surface area contributed by atoms with E-state index in [4.69, 9.17) is 14.5 Å². The van der Waals surface area contributed by atoms with Gasteiger partial charge in [-0.15, -0.1) is 0 Å². The van der Waals surface area contributed by atoms with Crippen molar-refractivity contribution in [1.29, 1.82) is 0 Å². The second kappa shape index (κ2) is 8.83. The van der Waals surface area contributed by atoms with E-state index in [1.807, 2.05) is 6.07 Å². The molecule has 2 aliphatic carbocycles. The van der Waals surface area contributed by atoms with Gasteiger partial charge in [0.1, 0.15) is 12.7 Å². The number of pyridine rings is 1. The predicted molar refractivity (Wildman–Crippen MR) is 123 cm³/mol. The number of ether oxygens (including phenoxy) is 2. The van der Waals surface area contributed by atoms with Crippen LogP contribution in [-0.2, 0) is 12.8 Å². The molecule has 0 radical (unpaired) electrons. The van der Waals surface area contributed by atoms with Gasteiger partial charge in [-0.3, -0.25) is 4.98 Å². The van der Waals surface area contributed by atoms with E-state index >= 15 is 0 Å². The van der Waals surface area contributed by atoms with Crippen molar-refractivity contribution in [2.75, 3.05) is 45.2 Å². The largest absolute Gasteiger partial charge is 0.493 e. The number of nitrogens with one attached hydrogen (secondary N) is 1. The normalized spacial score (nSPS) is 22.0. The van der Waals surface area contributed by atoms with E-state index < -0.39 is 6.10 Å². The van der Waals surface area contributed by atoms with Gasteiger partial charge in [-0.2, -0.15) is 0 Å². The van der Waals surface area contributed by atoms with Gasteiger partial charge in [0.05, 0.1) is 12.6 Å². The number of benzene rings is 1. The Hall–Kier alpha value is -2.05. The molecule has 6 heteroatoms. The zero-order chi connectivity index (χ0) is 21.4. The van der Waals surface area contributed by atoms with E-state index in [0.717, 1.165) is 49.3 Å². The second-order valence-corrected chi connectivity index (χ2v) is 9.74. The number of anilines is 1. The van der Waals surface area contributed by atoms with Gasteiger partial charge in [0.25, 0.3) is 0 Å². The van der Waals surface area contributed by atoms with Crippen LogP contribution in [0.3, 0.4) is 0 Å². The summed E-state index contributed by atoms with van der Waals surface area (Å²) < 4.78 is 11.7. The number of methoxy groups -OCH3 is 1. The molecule has 1 aromatic heterocycles. The van der Waals surface area contributed by atoms with E-state index in [1.54, 1.807) is 7.11 Å². The maximum absolute atomic E-state index is 10.4. The third-order valence-electron chi connectivity index (χ3n) is 6.91. The van der Waals surface area contributed by atoms with Crippen LogP contribution in [0.4, 0.5) is 5.69 Å². The summed E-state index contributed by atoms with van der Waals surface area (Å²) in [5.74, 6) is 2.78. The molecule has 1 aliphatic heterocycles. The molecule has 5 rings (SSSR count). The lowest BCUT2D eigenvalue weighted by Gasteiger charge is -2.21. The molecule has 2 heterocycles. The van der Waals surface area contributed by atoms with Crippen molar-refractivity contribution < 1.29 is 14.6 Å². The zero-order valence-electron chi connectivity index (χ0n) is 18.8. The summed E-state index contributed by atoms with van der Waals surface area (Å²) in [6.07, 6.45) is 6.69. The van der Waals surface area contributed by atoms with Crippen LogP contribution in [0.2, 0.25) is 0 Å². The molecule has 1 saturated carbocycles. The topological polar surface area (TPSA) is 66.8 Å². The maximum atomic E-state index is 10.4. The Morgan fingerprint density at radius 1 is 1.19 bits per heavy atom. The molecule has 168 valence electrons. The molecule has 2 fully saturated rings. The predicted octanol–water partition coefficient (Wildman–Crippen LogP) is 3.64. The smallest absolute Gasteiger partial charge is 0.163 e. The molecule has 3 aliphatic rings. The summed E-state index contributed by atoms with van der Waals surface area (Å²) in [5, 5.41) is 15.3. The van der Waals surface area contributed by atoms with Gasteiger partial charge in [0.15, 0.2) is 11.5 Å². The van der Waals surface area contributed by atoms with Gasteiger partial charge in [-0.1, -0.05) is 6.92 Å². The number of aliphatic hydroxyl groups is 1. The van der Waals surface area contributed by atoms with E-state index in [1.165, 1.54) is 42.6 Å². The fourth-order valence-electron chi connectivity index (χ4n) is 5.05. The molecule has 2 unspecified atom stereocenters. The minimum atomic E-state index is -0.511. The highest BCUT2D eigenvalue weighted by Crippen LogP contribution is 2.41. The van der Waals surface area contributed by atoms with E-state index in [2.05, 4.69) is 23.2 Å². The number of nitrogens with zero attached hydrogens (tertiary/aromatic N) is 2. The average Bonchev–Trinajstić information content (AvgIpc) is 3.30. The Labute approximate surface area is 184 Å². The molecule has 6 nitrogen and oxygen atoms in total. The molecular formula is C25H35N3O3. The summed E-state index contributed by atoms with van der Waals surface area (Å²) in [4.78, 5) is 7.31. The SMILES string of the molecule is COc1cc2c(NCC3CC3)c3c(nc2cc1OCC(O)CN1CCCC1)CC(C)C3. The zero-order valence-corrected chi connectivity index (χ0v) is 18.8. The Balaban J connectivity index is 1.40. The van der Waals surface area contributed by atoms with Crippen LogP contribution in [0.25, 0.3) is 10.9 Å². The van der Waals surface area contributed by atoms with Gasteiger partial charge in [0, 0.05) is 35.9 Å². The highest BCUT2D eigenvalue weighted by Gasteiger charge is 2.27. The monoisotopic (exact) mass is 425 g/mol. The lowest BCUT2D eigenvalue weighted by Crippen LogP contribution is -2.33. The van der Waals surface area contributed by atoms with Gasteiger partial charge < -0.3 is 24.8 Å². The molecular weight excluding hydrogens is 390 g/mol. The third kappa shape index (κ3) is 4.60. The summed E-state index contributed by atoms with van der Waals surface area (Å²) in [5.41, 5.74) is 4.76. The molecule has 0 bridgehead atoms. The van der Waals surface area contributed by atoms with Gasteiger partial charge in [-0.05, 0) is 75.1 Å². The first-order valence-electron chi connectivity index (χ1n) is 11.9. The maximum Gasteiger partial charge on any atom is 0.163 e. The highest BCUT2D eigenvalue weighted by atomic mass is 16.5. The lowest BCUT2D eigenvalue weighted by atomic mass is 10.0. The number of hydrogen-bond acceptors (Lipinski definition) is 6. The number of aromatic nitrogens is 1. The summed E-state index contributed by atoms with van der Waals surface area (Å²) in [7, 11) is 1.68. The first-order valence-corrected chi connectivity index (χ1v) is 11.9. The Bertz CT molecular complexity index is 937. The van der Waals surface area contributed by atoms with Crippen molar-refractivity contribution in [3.63, 3.8) is 0 Å². The van der Waals surface area contributed by atoms with Crippen molar-refractivity contribution in [2.24, 2.45) is 11.8 Å². The van der Waals surface area contributed by atoms with E-state index in [0.29, 0.717) is 24.0 Å². The highest BCUT2D eigenvalue weighted by molar-refractivity contribution is 5.96. The van der Waals surface area contributed by atoms with Crippen molar-refractivity contribution in [2.45, 2.75) is 51.6 Å². The summed E-state index contributed by atoms with van der Waals surface area (Å²) in [6, 6.07) is 4.05. The molecule has 1 aromatic carbocycles. The molecule has 0 amide bonds. The Kier molecular flexibility index (Phi) is 5.93. The Morgan fingerprint density at radius 2 is 2.00 bits per heavy atom. The number of rotatable bonds is 9. The quantitative estimate of drug-likeness (QED) is 0.640. The van der Waals surface area contributed by atoms with Gasteiger partial charge >= 0.3 is 0 Å². The molecule has 1 saturated heterocycles.